The van der Waals surface area contributed by atoms with Gasteiger partial charge in [-0.3, -0.25) is 18.6 Å². The summed E-state index contributed by atoms with van der Waals surface area (Å²) in [5.41, 5.74) is 0. The van der Waals surface area contributed by atoms with E-state index in [1.54, 1.807) is 0 Å². The lowest BCUT2D eigenvalue weighted by Gasteiger charge is -2.27. The van der Waals surface area contributed by atoms with Crippen LogP contribution >= 0.6 is 7.82 Å². The molecule has 10 heteroatoms. The number of rotatable bonds is 53. The number of esters is 1. The van der Waals surface area contributed by atoms with E-state index < -0.39 is 25.9 Å². The highest BCUT2D eigenvalue weighted by Gasteiger charge is 2.30. The van der Waals surface area contributed by atoms with Crippen molar-refractivity contribution >= 4 is 19.7 Å². The summed E-state index contributed by atoms with van der Waals surface area (Å²) in [4.78, 5) is 37.7. The molecule has 0 heterocycles. The van der Waals surface area contributed by atoms with Gasteiger partial charge in [0.05, 0.1) is 33.8 Å². The van der Waals surface area contributed by atoms with Crippen LogP contribution < -0.4 is 5.32 Å². The van der Waals surface area contributed by atoms with Gasteiger partial charge >= 0.3 is 13.8 Å². The third-order valence-electron chi connectivity index (χ3n) is 12.5. The van der Waals surface area contributed by atoms with Crippen molar-refractivity contribution in [2.75, 3.05) is 40.9 Å². The number of phosphoric acid groups is 1. The standard InChI is InChI=1S/C69H113N2O7P/c1-7-10-13-16-19-22-25-28-30-32-34-35-37-38-40-43-46-49-52-55-58-61-68(72)70-66(65-77-79(74,75)76-64-63-71(4,5)6)67(60-57-54-51-48-45-42-27-24-21-18-15-12-9-3)78-69(73)62-59-56-53-50-47-44-41-39-36-33-31-29-26-23-20-17-14-11-8-2/h10-11,13-14,19-20,22-23,28-31,34-36,38-40,44,46-47,49,53,56-57,60,66-67H,7-9,12,15-18,21,24-27,32-33,37,41-43,45,48,50-52,54-55,58-59,61-65H2,1-6H3,(H-,70,72,74,75)/p+1/b13-10-,14-11-,22-19-,23-20-,30-28-,31-29-,35-34-,39-36-,40-38-,47-44-,49-46-,56-53-,60-57+. The summed E-state index contributed by atoms with van der Waals surface area (Å²) in [6, 6.07) is -0.915. The number of carbonyl (C=O) groups is 2. The monoisotopic (exact) mass is 1110 g/mol. The molecule has 0 aliphatic carbocycles. The molecule has 0 aliphatic rings. The largest absolute Gasteiger partial charge is 0.472 e. The van der Waals surface area contributed by atoms with Crippen molar-refractivity contribution in [1.82, 2.24) is 5.32 Å². The number of amides is 1. The van der Waals surface area contributed by atoms with E-state index in [1.165, 1.54) is 57.8 Å². The Balaban J connectivity index is 5.52. The van der Waals surface area contributed by atoms with E-state index in [0.717, 1.165) is 109 Å². The molecule has 0 aromatic rings. The van der Waals surface area contributed by atoms with Crippen molar-refractivity contribution in [3.63, 3.8) is 0 Å². The highest BCUT2D eigenvalue weighted by Crippen LogP contribution is 2.43. The molecular weight excluding hydrogens is 1000 g/mol. The van der Waals surface area contributed by atoms with Gasteiger partial charge in [0.1, 0.15) is 19.3 Å². The number of carbonyl (C=O) groups excluding carboxylic acids is 2. The molecule has 0 radical (unpaired) electrons. The van der Waals surface area contributed by atoms with Crippen molar-refractivity contribution < 1.29 is 37.3 Å². The molecule has 79 heavy (non-hydrogen) atoms. The number of quaternary nitrogens is 1. The Kier molecular flexibility index (Phi) is 53.7. The van der Waals surface area contributed by atoms with Crippen LogP contribution in [-0.2, 0) is 27.9 Å². The number of phosphoric ester groups is 1. The molecule has 446 valence electrons. The number of ether oxygens (including phenoxy) is 1. The molecule has 1 amide bonds. The normalized spacial score (nSPS) is 14.8. The highest BCUT2D eigenvalue weighted by atomic mass is 31.2. The summed E-state index contributed by atoms with van der Waals surface area (Å²) in [5.74, 6) is -0.668. The Hall–Kier alpha value is -4.37. The zero-order valence-electron chi connectivity index (χ0n) is 50.8. The van der Waals surface area contributed by atoms with Gasteiger partial charge in [-0.1, -0.05) is 237 Å². The van der Waals surface area contributed by atoms with Crippen LogP contribution in [0.2, 0.25) is 0 Å². The quantitative estimate of drug-likeness (QED) is 0.0205. The molecule has 0 aromatic heterocycles. The summed E-state index contributed by atoms with van der Waals surface area (Å²) >= 11 is 0. The molecule has 3 unspecified atom stereocenters. The highest BCUT2D eigenvalue weighted by molar-refractivity contribution is 7.47. The van der Waals surface area contributed by atoms with Crippen LogP contribution in [0, 0.1) is 0 Å². The predicted octanol–water partition coefficient (Wildman–Crippen LogP) is 19.2. The van der Waals surface area contributed by atoms with Crippen molar-refractivity contribution in [3.05, 3.63) is 158 Å². The van der Waals surface area contributed by atoms with Gasteiger partial charge in [0.25, 0.3) is 0 Å². The summed E-state index contributed by atoms with van der Waals surface area (Å²) < 4.78 is 30.6. The fourth-order valence-electron chi connectivity index (χ4n) is 7.79. The molecule has 9 nitrogen and oxygen atoms in total. The Labute approximate surface area is 484 Å². The first kappa shape index (κ1) is 74.6. The smallest absolute Gasteiger partial charge is 0.456 e. The van der Waals surface area contributed by atoms with Crippen LogP contribution in [0.15, 0.2) is 158 Å². The van der Waals surface area contributed by atoms with Crippen molar-refractivity contribution in [2.45, 2.75) is 226 Å². The molecule has 0 bridgehead atoms. The van der Waals surface area contributed by atoms with E-state index in [1.807, 2.05) is 45.4 Å². The van der Waals surface area contributed by atoms with E-state index in [-0.39, 0.29) is 32.0 Å². The van der Waals surface area contributed by atoms with E-state index in [2.05, 4.69) is 160 Å². The zero-order valence-corrected chi connectivity index (χ0v) is 51.7. The number of nitrogens with one attached hydrogen (secondary N) is 1. The van der Waals surface area contributed by atoms with Crippen LogP contribution in [0.5, 0.6) is 0 Å². The topological polar surface area (TPSA) is 111 Å². The van der Waals surface area contributed by atoms with Crippen molar-refractivity contribution in [3.8, 4) is 0 Å². The van der Waals surface area contributed by atoms with Gasteiger partial charge in [0.2, 0.25) is 5.91 Å². The molecular formula is C69H114N2O7P+. The number of hydrogen-bond donors (Lipinski definition) is 2. The minimum atomic E-state index is -4.49. The average molecular weight is 1110 g/mol. The Bertz CT molecular complexity index is 1910. The summed E-state index contributed by atoms with van der Waals surface area (Å²) in [6.07, 6.45) is 84.0. The average Bonchev–Trinajstić information content (AvgIpc) is 3.41. The van der Waals surface area contributed by atoms with Crippen molar-refractivity contribution in [1.29, 1.82) is 0 Å². The maximum atomic E-state index is 13.5. The molecule has 0 spiro atoms. The van der Waals surface area contributed by atoms with E-state index in [0.29, 0.717) is 23.9 Å². The summed E-state index contributed by atoms with van der Waals surface area (Å²) in [7, 11) is 1.40. The van der Waals surface area contributed by atoms with Crippen LogP contribution in [0.1, 0.15) is 213 Å². The van der Waals surface area contributed by atoms with Gasteiger partial charge in [0.15, 0.2) is 0 Å². The van der Waals surface area contributed by atoms with Crippen LogP contribution in [0.3, 0.4) is 0 Å². The first-order valence-electron chi connectivity index (χ1n) is 30.8. The first-order valence-corrected chi connectivity index (χ1v) is 32.3. The van der Waals surface area contributed by atoms with E-state index in [9.17, 15) is 19.0 Å². The second-order valence-corrected chi connectivity index (χ2v) is 22.6. The Morgan fingerprint density at radius 2 is 0.823 bits per heavy atom. The molecule has 0 aromatic carbocycles. The number of nitrogens with zero attached hydrogens (tertiary/aromatic N) is 1. The van der Waals surface area contributed by atoms with E-state index >= 15 is 0 Å². The SMILES string of the molecule is CC/C=C\C/C=C\C/C=C\C/C=C\C/C=C\C/C=C\CCCCC(=O)NC(COP(=O)(O)OCC[N+](C)(C)C)C(/C=C/CCCCCCCCCCCCC)OC(=O)CC/C=C\C/C=C\C/C=C\C/C=C\C/C=C\C/C=C\CC. The number of likely N-dealkylation sites (N-methyl/N-ethyl adjacent to an activating group) is 1. The third kappa shape index (κ3) is 58.1. The van der Waals surface area contributed by atoms with Gasteiger partial charge in [0, 0.05) is 12.8 Å². The fourth-order valence-corrected chi connectivity index (χ4v) is 8.53. The minimum Gasteiger partial charge on any atom is -0.456 e. The molecule has 0 rings (SSSR count). The predicted molar refractivity (Wildman–Crippen MR) is 341 cm³/mol. The van der Waals surface area contributed by atoms with Gasteiger partial charge in [-0.25, -0.2) is 4.57 Å². The second kappa shape index (κ2) is 56.9. The first-order chi connectivity index (χ1) is 38.4. The van der Waals surface area contributed by atoms with Crippen LogP contribution in [0.25, 0.3) is 0 Å². The van der Waals surface area contributed by atoms with Gasteiger partial charge in [-0.15, -0.1) is 0 Å². The number of unbranched alkanes of at least 4 members (excludes halogenated alkanes) is 13. The van der Waals surface area contributed by atoms with Gasteiger partial charge in [-0.05, 0) is 122 Å². The molecule has 3 atom stereocenters. The van der Waals surface area contributed by atoms with Crippen LogP contribution in [0.4, 0.5) is 0 Å². The lowest BCUT2D eigenvalue weighted by atomic mass is 10.0. The second-order valence-electron chi connectivity index (χ2n) is 21.1. The third-order valence-corrected chi connectivity index (χ3v) is 13.5. The maximum absolute atomic E-state index is 13.5. The minimum absolute atomic E-state index is 0.0109. The van der Waals surface area contributed by atoms with Crippen LogP contribution in [-0.4, -0.2) is 74.3 Å². The Morgan fingerprint density at radius 3 is 1.24 bits per heavy atom. The van der Waals surface area contributed by atoms with Gasteiger partial charge in [-0.2, -0.15) is 0 Å². The summed E-state index contributed by atoms with van der Waals surface area (Å²) in [6.45, 7) is 6.67. The molecule has 0 aliphatic heterocycles. The lowest BCUT2D eigenvalue weighted by molar-refractivity contribution is -0.870. The molecule has 0 fully saturated rings. The number of allylic oxidation sites excluding steroid dienone is 25. The summed E-state index contributed by atoms with van der Waals surface area (Å²) in [5, 5.41) is 3.01. The molecule has 0 saturated carbocycles. The molecule has 0 saturated heterocycles. The Morgan fingerprint density at radius 1 is 0.456 bits per heavy atom. The number of hydrogen-bond acceptors (Lipinski definition) is 6. The van der Waals surface area contributed by atoms with Gasteiger partial charge < -0.3 is 19.4 Å². The maximum Gasteiger partial charge on any atom is 0.472 e. The van der Waals surface area contributed by atoms with Crippen molar-refractivity contribution in [2.24, 2.45) is 0 Å². The zero-order chi connectivity index (χ0) is 57.9. The van der Waals surface area contributed by atoms with E-state index in [4.69, 9.17) is 13.8 Å². The molecule has 2 N–H and O–H groups in total. The lowest BCUT2D eigenvalue weighted by Crippen LogP contribution is -2.47. The fraction of sp³-hybridized carbons (Fsp3) is 0.594.